The van der Waals surface area contributed by atoms with Gasteiger partial charge in [0, 0.05) is 6.07 Å². The zero-order valence-electron chi connectivity index (χ0n) is 14.3. The van der Waals surface area contributed by atoms with E-state index in [0.717, 1.165) is 0 Å². The Labute approximate surface area is 141 Å². The Morgan fingerprint density at radius 2 is 1.96 bits per heavy atom. The first-order chi connectivity index (χ1) is 11.4. The van der Waals surface area contributed by atoms with Gasteiger partial charge in [-0.1, -0.05) is 13.8 Å². The van der Waals surface area contributed by atoms with Crippen molar-refractivity contribution in [3.63, 3.8) is 0 Å². The first kappa shape index (κ1) is 19.3. The molecule has 0 fully saturated rings. The van der Waals surface area contributed by atoms with E-state index in [1.165, 1.54) is 20.3 Å². The number of nitrogens with one attached hydrogen (secondary N) is 1. The minimum atomic E-state index is -0.714. The molecule has 0 unspecified atom stereocenters. The smallest absolute Gasteiger partial charge is 0.328 e. The molecule has 0 radical (unpaired) electrons. The number of nitriles is 1. The van der Waals surface area contributed by atoms with Crippen LogP contribution in [0.2, 0.25) is 0 Å². The molecule has 0 aliphatic heterocycles. The molecule has 7 heteroatoms. The molecule has 1 aromatic rings. The fourth-order valence-corrected chi connectivity index (χ4v) is 2.06. The average Bonchev–Trinajstić information content (AvgIpc) is 2.57. The molecular weight excluding hydrogens is 312 g/mol. The molecule has 1 atom stereocenters. The van der Waals surface area contributed by atoms with E-state index in [0.29, 0.717) is 23.5 Å². The van der Waals surface area contributed by atoms with Gasteiger partial charge in [-0.3, -0.25) is 4.79 Å². The number of carbonyl (C=O) groups excluding carboxylic acids is 2. The maximum Gasteiger partial charge on any atom is 0.328 e. The van der Waals surface area contributed by atoms with E-state index in [2.05, 4.69) is 5.32 Å². The van der Waals surface area contributed by atoms with Crippen LogP contribution < -0.4 is 14.8 Å². The Morgan fingerprint density at radius 3 is 2.50 bits per heavy atom. The summed E-state index contributed by atoms with van der Waals surface area (Å²) in [5, 5.41) is 11.5. The molecular formula is C17H22N2O5. The second kappa shape index (κ2) is 9.40. The molecule has 0 saturated carbocycles. The Bertz CT molecular complexity index is 622. The van der Waals surface area contributed by atoms with E-state index in [1.807, 2.05) is 19.9 Å². The van der Waals surface area contributed by atoms with Crippen molar-refractivity contribution in [2.75, 3.05) is 20.8 Å². The van der Waals surface area contributed by atoms with E-state index < -0.39 is 17.9 Å². The molecule has 0 spiro atoms. The van der Waals surface area contributed by atoms with Crippen molar-refractivity contribution < 1.29 is 23.8 Å². The SMILES string of the molecule is COC(=O)[C@H](CC(C)C)NC(=O)COc1ccc(C#N)cc1OC. The zero-order valence-corrected chi connectivity index (χ0v) is 14.3. The number of hydrogen-bond acceptors (Lipinski definition) is 6. The Balaban J connectivity index is 2.68. The molecule has 1 aromatic carbocycles. The quantitative estimate of drug-likeness (QED) is 0.726. The first-order valence-corrected chi connectivity index (χ1v) is 7.49. The highest BCUT2D eigenvalue weighted by atomic mass is 16.5. The molecule has 0 aromatic heterocycles. The first-order valence-electron chi connectivity index (χ1n) is 7.49. The minimum Gasteiger partial charge on any atom is -0.493 e. The zero-order chi connectivity index (χ0) is 18.1. The van der Waals surface area contributed by atoms with E-state index in [4.69, 9.17) is 19.5 Å². The molecule has 24 heavy (non-hydrogen) atoms. The molecule has 0 aliphatic rings. The fraction of sp³-hybridized carbons (Fsp3) is 0.471. The van der Waals surface area contributed by atoms with Crippen LogP contribution >= 0.6 is 0 Å². The van der Waals surface area contributed by atoms with E-state index in [1.54, 1.807) is 12.1 Å². The van der Waals surface area contributed by atoms with Crippen molar-refractivity contribution in [3.8, 4) is 17.6 Å². The summed E-state index contributed by atoms with van der Waals surface area (Å²) in [4.78, 5) is 23.7. The number of hydrogen-bond donors (Lipinski definition) is 1. The Kier molecular flexibility index (Phi) is 7.56. The molecule has 0 saturated heterocycles. The molecule has 0 heterocycles. The normalized spacial score (nSPS) is 11.3. The molecule has 1 N–H and O–H groups in total. The summed E-state index contributed by atoms with van der Waals surface area (Å²) in [6, 6.07) is 5.91. The van der Waals surface area contributed by atoms with E-state index >= 15 is 0 Å². The summed E-state index contributed by atoms with van der Waals surface area (Å²) in [6.45, 7) is 3.61. The van der Waals surface area contributed by atoms with Crippen LogP contribution in [0, 0.1) is 17.2 Å². The highest BCUT2D eigenvalue weighted by Gasteiger charge is 2.22. The highest BCUT2D eigenvalue weighted by Crippen LogP contribution is 2.27. The van der Waals surface area contributed by atoms with Gasteiger partial charge in [0.2, 0.25) is 0 Å². The third kappa shape index (κ3) is 5.80. The number of carbonyl (C=O) groups is 2. The van der Waals surface area contributed by atoms with Gasteiger partial charge in [0.05, 0.1) is 25.9 Å². The van der Waals surface area contributed by atoms with E-state index in [9.17, 15) is 9.59 Å². The lowest BCUT2D eigenvalue weighted by atomic mass is 10.0. The van der Waals surface area contributed by atoms with Gasteiger partial charge in [0.25, 0.3) is 5.91 Å². The Morgan fingerprint density at radius 1 is 1.25 bits per heavy atom. The Hall–Kier alpha value is -2.75. The predicted molar refractivity (Wildman–Crippen MR) is 86.6 cm³/mol. The second-order valence-electron chi connectivity index (χ2n) is 5.54. The van der Waals surface area contributed by atoms with Gasteiger partial charge < -0.3 is 19.5 Å². The van der Waals surface area contributed by atoms with Gasteiger partial charge >= 0.3 is 5.97 Å². The van der Waals surface area contributed by atoms with Crippen molar-refractivity contribution in [3.05, 3.63) is 23.8 Å². The van der Waals surface area contributed by atoms with Gasteiger partial charge in [-0.2, -0.15) is 5.26 Å². The summed E-state index contributed by atoms with van der Waals surface area (Å²) < 4.78 is 15.2. The minimum absolute atomic E-state index is 0.217. The molecule has 0 bridgehead atoms. The fourth-order valence-electron chi connectivity index (χ4n) is 2.06. The highest BCUT2D eigenvalue weighted by molar-refractivity contribution is 5.85. The van der Waals surface area contributed by atoms with Crippen molar-refractivity contribution in [1.82, 2.24) is 5.32 Å². The number of ether oxygens (including phenoxy) is 3. The monoisotopic (exact) mass is 334 g/mol. The molecule has 7 nitrogen and oxygen atoms in total. The molecule has 130 valence electrons. The summed E-state index contributed by atoms with van der Waals surface area (Å²) in [6.07, 6.45) is 0.471. The van der Waals surface area contributed by atoms with Crippen LogP contribution in [0.25, 0.3) is 0 Å². The van der Waals surface area contributed by atoms with Crippen LogP contribution in [0.4, 0.5) is 0 Å². The third-order valence-electron chi connectivity index (χ3n) is 3.18. The summed E-state index contributed by atoms with van der Waals surface area (Å²) in [5.74, 6) is -0.0296. The number of rotatable bonds is 8. The topological polar surface area (TPSA) is 97.6 Å². The van der Waals surface area contributed by atoms with Gasteiger partial charge in [-0.15, -0.1) is 0 Å². The van der Waals surface area contributed by atoms with Crippen LogP contribution in [0.1, 0.15) is 25.8 Å². The summed E-state index contributed by atoms with van der Waals surface area (Å²) in [7, 11) is 2.72. The van der Waals surface area contributed by atoms with Crippen molar-refractivity contribution in [2.45, 2.75) is 26.3 Å². The van der Waals surface area contributed by atoms with Gasteiger partial charge in [0.1, 0.15) is 6.04 Å². The summed E-state index contributed by atoms with van der Waals surface area (Å²) in [5.41, 5.74) is 0.423. The largest absolute Gasteiger partial charge is 0.493 e. The number of methoxy groups -OCH3 is 2. The van der Waals surface area contributed by atoms with Crippen LogP contribution in [0.5, 0.6) is 11.5 Å². The van der Waals surface area contributed by atoms with Crippen LogP contribution in [-0.2, 0) is 14.3 Å². The lowest BCUT2D eigenvalue weighted by Gasteiger charge is -2.18. The number of amides is 1. The summed E-state index contributed by atoms with van der Waals surface area (Å²) >= 11 is 0. The number of esters is 1. The maximum absolute atomic E-state index is 12.0. The molecule has 1 rings (SSSR count). The van der Waals surface area contributed by atoms with Crippen molar-refractivity contribution >= 4 is 11.9 Å². The van der Waals surface area contributed by atoms with Crippen LogP contribution in [-0.4, -0.2) is 38.7 Å². The average molecular weight is 334 g/mol. The predicted octanol–water partition coefficient (Wildman–Crippen LogP) is 1.65. The van der Waals surface area contributed by atoms with Crippen molar-refractivity contribution in [2.24, 2.45) is 5.92 Å². The molecule has 0 aliphatic carbocycles. The van der Waals surface area contributed by atoms with Gasteiger partial charge in [0.15, 0.2) is 18.1 Å². The third-order valence-corrected chi connectivity index (χ3v) is 3.18. The van der Waals surface area contributed by atoms with Crippen molar-refractivity contribution in [1.29, 1.82) is 5.26 Å². The molecule has 1 amide bonds. The van der Waals surface area contributed by atoms with Gasteiger partial charge in [-0.25, -0.2) is 4.79 Å². The van der Waals surface area contributed by atoms with Crippen LogP contribution in [0.3, 0.4) is 0 Å². The maximum atomic E-state index is 12.0. The van der Waals surface area contributed by atoms with Crippen LogP contribution in [0.15, 0.2) is 18.2 Å². The number of benzene rings is 1. The number of nitrogens with zero attached hydrogens (tertiary/aromatic N) is 1. The second-order valence-corrected chi connectivity index (χ2v) is 5.54. The lowest BCUT2D eigenvalue weighted by molar-refractivity contribution is -0.145. The lowest BCUT2D eigenvalue weighted by Crippen LogP contribution is -2.44. The van der Waals surface area contributed by atoms with Gasteiger partial charge in [-0.05, 0) is 24.5 Å². The standard InChI is InChI=1S/C17H22N2O5/c1-11(2)7-13(17(21)23-4)19-16(20)10-24-14-6-5-12(9-18)8-15(14)22-3/h5-6,8,11,13H,7,10H2,1-4H3,(H,19,20)/t13-/m0/s1. The van der Waals surface area contributed by atoms with E-state index in [-0.39, 0.29) is 12.5 Å².